The smallest absolute Gasteiger partial charge is 0.265 e. The van der Waals surface area contributed by atoms with Crippen LogP contribution in [0.25, 0.3) is 0 Å². The topological polar surface area (TPSA) is 68.5 Å². The summed E-state index contributed by atoms with van der Waals surface area (Å²) >= 11 is 0. The van der Waals surface area contributed by atoms with Crippen molar-refractivity contribution in [2.45, 2.75) is 20.0 Å². The van der Waals surface area contributed by atoms with Crippen molar-refractivity contribution in [3.05, 3.63) is 47.4 Å². The van der Waals surface area contributed by atoms with Gasteiger partial charge >= 0.3 is 0 Å². The Morgan fingerprint density at radius 2 is 2.10 bits per heavy atom. The van der Waals surface area contributed by atoms with Gasteiger partial charge in [0.15, 0.2) is 11.9 Å². The second-order valence-corrected chi connectivity index (χ2v) is 4.68. The molecule has 2 heterocycles. The molecule has 1 aromatic heterocycles. The number of carbonyl (C=O) groups is 2. The zero-order valence-electron chi connectivity index (χ0n) is 11.1. The second-order valence-electron chi connectivity index (χ2n) is 4.68. The van der Waals surface area contributed by atoms with Gasteiger partial charge in [-0.2, -0.15) is 0 Å². The Balaban J connectivity index is 1.97. The molecule has 1 aliphatic heterocycles. The number of amides is 1. The van der Waals surface area contributed by atoms with Crippen molar-refractivity contribution in [3.8, 4) is 5.75 Å². The van der Waals surface area contributed by atoms with Gasteiger partial charge in [-0.3, -0.25) is 9.59 Å². The molecule has 0 radical (unpaired) electrons. The van der Waals surface area contributed by atoms with Crippen molar-refractivity contribution in [1.82, 2.24) is 0 Å². The quantitative estimate of drug-likeness (QED) is 0.852. The molecule has 0 bridgehead atoms. The van der Waals surface area contributed by atoms with Crippen LogP contribution in [0.1, 0.15) is 28.6 Å². The number of anilines is 1. The van der Waals surface area contributed by atoms with Crippen molar-refractivity contribution in [3.63, 3.8) is 0 Å². The van der Waals surface area contributed by atoms with Gasteiger partial charge in [0.25, 0.3) is 5.91 Å². The van der Waals surface area contributed by atoms with E-state index in [1.165, 1.54) is 6.26 Å². The summed E-state index contributed by atoms with van der Waals surface area (Å²) in [6.45, 7) is 3.41. The molecular weight excluding hydrogens is 258 g/mol. The molecule has 102 valence electrons. The first-order valence-corrected chi connectivity index (χ1v) is 6.26. The lowest BCUT2D eigenvalue weighted by Crippen LogP contribution is -2.34. The molecule has 5 heteroatoms. The van der Waals surface area contributed by atoms with E-state index in [1.54, 1.807) is 38.1 Å². The Morgan fingerprint density at radius 3 is 2.80 bits per heavy atom. The molecule has 1 unspecified atom stereocenters. The number of benzene rings is 1. The third-order valence-corrected chi connectivity index (χ3v) is 3.28. The first kappa shape index (κ1) is 12.5. The Hall–Kier alpha value is -2.56. The second kappa shape index (κ2) is 4.52. The van der Waals surface area contributed by atoms with Gasteiger partial charge < -0.3 is 14.5 Å². The summed E-state index contributed by atoms with van der Waals surface area (Å²) in [4.78, 5) is 23.9. The van der Waals surface area contributed by atoms with E-state index in [0.717, 1.165) is 0 Å². The zero-order valence-corrected chi connectivity index (χ0v) is 11.1. The molecule has 5 nitrogen and oxygen atoms in total. The van der Waals surface area contributed by atoms with Crippen molar-refractivity contribution < 1.29 is 18.7 Å². The summed E-state index contributed by atoms with van der Waals surface area (Å²) in [7, 11) is 0. The maximum Gasteiger partial charge on any atom is 0.265 e. The Bertz CT molecular complexity index is 702. The molecule has 0 fully saturated rings. The van der Waals surface area contributed by atoms with Crippen LogP contribution in [0.5, 0.6) is 5.75 Å². The summed E-state index contributed by atoms with van der Waals surface area (Å²) in [6, 6.07) is 6.62. The number of hydrogen-bond acceptors (Lipinski definition) is 4. The lowest BCUT2D eigenvalue weighted by molar-refractivity contribution is -0.122. The van der Waals surface area contributed by atoms with Crippen LogP contribution >= 0.6 is 0 Å². The highest BCUT2D eigenvalue weighted by Gasteiger charge is 2.24. The van der Waals surface area contributed by atoms with Gasteiger partial charge in [-0.25, -0.2) is 0 Å². The minimum Gasteiger partial charge on any atom is -0.479 e. The van der Waals surface area contributed by atoms with E-state index in [9.17, 15) is 9.59 Å². The van der Waals surface area contributed by atoms with Gasteiger partial charge in [0.05, 0.1) is 17.5 Å². The molecule has 1 atom stereocenters. The normalized spacial score (nSPS) is 17.1. The predicted octanol–water partition coefficient (Wildman–Crippen LogP) is 2.54. The van der Waals surface area contributed by atoms with Crippen LogP contribution in [0.4, 0.5) is 5.69 Å². The number of nitrogens with one attached hydrogen (secondary N) is 1. The maximum absolute atomic E-state index is 12.3. The van der Waals surface area contributed by atoms with Gasteiger partial charge in [0.2, 0.25) is 0 Å². The number of rotatable bonds is 2. The number of aryl methyl sites for hydroxylation is 1. The fourth-order valence-corrected chi connectivity index (χ4v) is 2.13. The van der Waals surface area contributed by atoms with E-state index in [0.29, 0.717) is 28.3 Å². The van der Waals surface area contributed by atoms with Gasteiger partial charge in [0.1, 0.15) is 11.5 Å². The summed E-state index contributed by atoms with van der Waals surface area (Å²) in [5.74, 6) is 0.771. The Morgan fingerprint density at radius 1 is 1.30 bits per heavy atom. The SMILES string of the molecule is Cc1occc1C(=O)c1ccc2c(c1)NC(=O)C(C)O2. The van der Waals surface area contributed by atoms with E-state index in [1.807, 2.05) is 0 Å². The van der Waals surface area contributed by atoms with Crippen LogP contribution in [0, 0.1) is 6.92 Å². The van der Waals surface area contributed by atoms with Crippen LogP contribution in [-0.2, 0) is 4.79 Å². The van der Waals surface area contributed by atoms with Gasteiger partial charge in [-0.05, 0) is 38.1 Å². The average molecular weight is 271 g/mol. The number of fused-ring (bicyclic) bond motifs is 1. The number of ether oxygens (including phenoxy) is 1. The average Bonchev–Trinajstić information content (AvgIpc) is 2.85. The fourth-order valence-electron chi connectivity index (χ4n) is 2.13. The van der Waals surface area contributed by atoms with Gasteiger partial charge in [-0.1, -0.05) is 0 Å². The molecule has 1 aliphatic rings. The van der Waals surface area contributed by atoms with Crippen molar-refractivity contribution in [2.24, 2.45) is 0 Å². The summed E-state index contributed by atoms with van der Waals surface area (Å²) in [5, 5.41) is 2.73. The van der Waals surface area contributed by atoms with Crippen LogP contribution in [0.15, 0.2) is 34.9 Å². The van der Waals surface area contributed by atoms with E-state index in [4.69, 9.17) is 9.15 Å². The number of carbonyl (C=O) groups excluding carboxylic acids is 2. The predicted molar refractivity (Wildman–Crippen MR) is 72.0 cm³/mol. The summed E-state index contributed by atoms with van der Waals surface area (Å²) in [6.07, 6.45) is 0.952. The zero-order chi connectivity index (χ0) is 14.3. The van der Waals surface area contributed by atoms with E-state index in [-0.39, 0.29) is 11.7 Å². The van der Waals surface area contributed by atoms with Crippen molar-refractivity contribution in [2.75, 3.05) is 5.32 Å². The fraction of sp³-hybridized carbons (Fsp3) is 0.200. The number of ketones is 1. The molecule has 1 amide bonds. The number of hydrogen-bond donors (Lipinski definition) is 1. The van der Waals surface area contributed by atoms with Crippen molar-refractivity contribution in [1.29, 1.82) is 0 Å². The molecule has 0 saturated carbocycles. The molecule has 3 rings (SSSR count). The molecular formula is C15H13NO4. The van der Waals surface area contributed by atoms with E-state index < -0.39 is 6.10 Å². The largest absolute Gasteiger partial charge is 0.479 e. The molecule has 2 aromatic rings. The van der Waals surface area contributed by atoms with Gasteiger partial charge in [0, 0.05) is 5.56 Å². The minimum absolute atomic E-state index is 0.146. The standard InChI is InChI=1S/C15H13NO4/c1-8-11(5-6-19-8)14(17)10-3-4-13-12(7-10)16-15(18)9(2)20-13/h3-7,9H,1-2H3,(H,16,18). The highest BCUT2D eigenvalue weighted by Crippen LogP contribution is 2.31. The molecule has 0 saturated heterocycles. The van der Waals surface area contributed by atoms with E-state index >= 15 is 0 Å². The monoisotopic (exact) mass is 271 g/mol. The number of furan rings is 1. The maximum atomic E-state index is 12.3. The molecule has 1 N–H and O–H groups in total. The molecule has 0 spiro atoms. The summed E-state index contributed by atoms with van der Waals surface area (Å²) < 4.78 is 10.6. The van der Waals surface area contributed by atoms with Gasteiger partial charge in [-0.15, -0.1) is 0 Å². The molecule has 0 aliphatic carbocycles. The van der Waals surface area contributed by atoms with E-state index in [2.05, 4.69) is 5.32 Å². The molecule has 1 aromatic carbocycles. The third-order valence-electron chi connectivity index (χ3n) is 3.28. The van der Waals surface area contributed by atoms with Crippen molar-refractivity contribution >= 4 is 17.4 Å². The third kappa shape index (κ3) is 1.97. The van der Waals surface area contributed by atoms with Crippen LogP contribution < -0.4 is 10.1 Å². The van der Waals surface area contributed by atoms with Crippen LogP contribution in [0.2, 0.25) is 0 Å². The lowest BCUT2D eigenvalue weighted by atomic mass is 10.0. The Labute approximate surface area is 115 Å². The first-order chi connectivity index (χ1) is 9.56. The van der Waals surface area contributed by atoms with Crippen LogP contribution in [0.3, 0.4) is 0 Å². The Kier molecular flexibility index (Phi) is 2.82. The minimum atomic E-state index is -0.528. The highest BCUT2D eigenvalue weighted by molar-refractivity contribution is 6.11. The first-order valence-electron chi connectivity index (χ1n) is 6.26. The van der Waals surface area contributed by atoms with Crippen LogP contribution in [-0.4, -0.2) is 17.8 Å². The molecule has 20 heavy (non-hydrogen) atoms. The lowest BCUT2D eigenvalue weighted by Gasteiger charge is -2.23. The highest BCUT2D eigenvalue weighted by atomic mass is 16.5. The summed E-state index contributed by atoms with van der Waals surface area (Å²) in [5.41, 5.74) is 1.51.